The van der Waals surface area contributed by atoms with Gasteiger partial charge in [0, 0.05) is 6.54 Å². The van der Waals surface area contributed by atoms with Crippen molar-refractivity contribution < 1.29 is 32.2 Å². The molecule has 0 radical (unpaired) electrons. The summed E-state index contributed by atoms with van der Waals surface area (Å²) < 4.78 is 53.9. The summed E-state index contributed by atoms with van der Waals surface area (Å²) in [5, 5.41) is 2.57. The second-order valence-electron chi connectivity index (χ2n) is 5.26. The third kappa shape index (κ3) is 4.19. The normalized spacial score (nSPS) is 11.0. The first-order chi connectivity index (χ1) is 12.3. The predicted molar refractivity (Wildman–Crippen MR) is 88.7 cm³/mol. The molecule has 0 aliphatic carbocycles. The lowest BCUT2D eigenvalue weighted by atomic mass is 10.1. The van der Waals surface area contributed by atoms with E-state index in [1.807, 2.05) is 0 Å². The van der Waals surface area contributed by atoms with Crippen molar-refractivity contribution in [2.75, 3.05) is 21.3 Å². The minimum absolute atomic E-state index is 0.0692. The summed E-state index contributed by atoms with van der Waals surface area (Å²) in [6.45, 7) is -0.0692. The molecule has 8 heteroatoms. The largest absolute Gasteiger partial charge is 0.493 e. The van der Waals surface area contributed by atoms with Crippen molar-refractivity contribution in [2.45, 2.75) is 12.7 Å². The lowest BCUT2D eigenvalue weighted by Crippen LogP contribution is -2.23. The first kappa shape index (κ1) is 19.4. The Labute approximate surface area is 148 Å². The molecule has 0 saturated heterocycles. The third-order valence-electron chi connectivity index (χ3n) is 3.66. The highest BCUT2D eigenvalue weighted by atomic mass is 19.4. The van der Waals surface area contributed by atoms with Gasteiger partial charge in [-0.25, -0.2) is 0 Å². The van der Waals surface area contributed by atoms with Gasteiger partial charge in [-0.3, -0.25) is 4.79 Å². The van der Waals surface area contributed by atoms with E-state index in [2.05, 4.69) is 5.32 Å². The molecule has 0 aromatic heterocycles. The van der Waals surface area contributed by atoms with Crippen molar-refractivity contribution in [3.05, 3.63) is 53.1 Å². The Kier molecular flexibility index (Phi) is 5.97. The van der Waals surface area contributed by atoms with Crippen LogP contribution in [0.4, 0.5) is 13.2 Å². The smallest absolute Gasteiger partial charge is 0.416 e. The Hall–Kier alpha value is -2.90. The van der Waals surface area contributed by atoms with Gasteiger partial charge in [0.05, 0.1) is 32.5 Å². The summed E-state index contributed by atoms with van der Waals surface area (Å²) >= 11 is 0. The Bertz CT molecular complexity index is 790. The number of carbonyl (C=O) groups excluding carboxylic acids is 1. The van der Waals surface area contributed by atoms with Crippen LogP contribution in [0, 0.1) is 0 Å². The van der Waals surface area contributed by atoms with Gasteiger partial charge in [0.15, 0.2) is 11.5 Å². The van der Waals surface area contributed by atoms with Crippen LogP contribution in [0.3, 0.4) is 0 Å². The molecule has 2 aromatic carbocycles. The molecule has 1 amide bonds. The van der Waals surface area contributed by atoms with Crippen LogP contribution in [0.1, 0.15) is 21.5 Å². The summed E-state index contributed by atoms with van der Waals surface area (Å²) in [4.78, 5) is 12.4. The number of hydrogen-bond acceptors (Lipinski definition) is 4. The molecule has 0 aliphatic rings. The maximum atomic E-state index is 12.8. The average molecular weight is 369 g/mol. The molecule has 0 spiro atoms. The molecule has 0 aliphatic heterocycles. The number of hydrogen-bond donors (Lipinski definition) is 1. The number of ether oxygens (including phenoxy) is 3. The number of halogens is 3. The highest BCUT2D eigenvalue weighted by Gasteiger charge is 2.30. The van der Waals surface area contributed by atoms with Gasteiger partial charge < -0.3 is 19.5 Å². The van der Waals surface area contributed by atoms with E-state index in [1.165, 1.54) is 39.5 Å². The second-order valence-corrected chi connectivity index (χ2v) is 5.26. The number of rotatable bonds is 6. The minimum atomic E-state index is -4.44. The number of benzene rings is 2. The van der Waals surface area contributed by atoms with Crippen molar-refractivity contribution in [1.29, 1.82) is 0 Å². The van der Waals surface area contributed by atoms with E-state index >= 15 is 0 Å². The van der Waals surface area contributed by atoms with Crippen LogP contribution in [0.15, 0.2) is 36.4 Å². The van der Waals surface area contributed by atoms with Crippen LogP contribution in [0.25, 0.3) is 0 Å². The maximum absolute atomic E-state index is 12.8. The lowest BCUT2D eigenvalue weighted by molar-refractivity contribution is -0.137. The molecule has 1 N–H and O–H groups in total. The zero-order valence-corrected chi connectivity index (χ0v) is 14.4. The van der Waals surface area contributed by atoms with Crippen LogP contribution in [-0.2, 0) is 12.7 Å². The van der Waals surface area contributed by atoms with Crippen LogP contribution in [-0.4, -0.2) is 27.2 Å². The summed E-state index contributed by atoms with van der Waals surface area (Å²) in [6.07, 6.45) is -4.44. The van der Waals surface area contributed by atoms with E-state index in [1.54, 1.807) is 6.07 Å². The molecule has 5 nitrogen and oxygen atoms in total. The van der Waals surface area contributed by atoms with E-state index in [-0.39, 0.29) is 23.6 Å². The summed E-state index contributed by atoms with van der Waals surface area (Å²) in [5.74, 6) is 0.300. The minimum Gasteiger partial charge on any atom is -0.493 e. The predicted octanol–water partition coefficient (Wildman–Crippen LogP) is 3.66. The van der Waals surface area contributed by atoms with Crippen LogP contribution < -0.4 is 19.5 Å². The molecular formula is C18H18F3NO4. The molecule has 0 fully saturated rings. The van der Waals surface area contributed by atoms with Gasteiger partial charge >= 0.3 is 6.18 Å². The highest BCUT2D eigenvalue weighted by molar-refractivity contribution is 5.98. The molecular weight excluding hydrogens is 351 g/mol. The third-order valence-corrected chi connectivity index (χ3v) is 3.66. The van der Waals surface area contributed by atoms with Gasteiger partial charge in [-0.15, -0.1) is 0 Å². The molecule has 0 unspecified atom stereocenters. The summed E-state index contributed by atoms with van der Waals surface area (Å²) in [6, 6.07) is 7.79. The topological polar surface area (TPSA) is 56.8 Å². The fourth-order valence-corrected chi connectivity index (χ4v) is 2.42. The van der Waals surface area contributed by atoms with Crippen molar-refractivity contribution in [2.24, 2.45) is 0 Å². The molecule has 2 aromatic rings. The number of nitrogens with one attached hydrogen (secondary N) is 1. The zero-order valence-electron chi connectivity index (χ0n) is 14.4. The lowest BCUT2D eigenvalue weighted by Gasteiger charge is -2.15. The van der Waals surface area contributed by atoms with Crippen molar-refractivity contribution in [1.82, 2.24) is 5.32 Å². The van der Waals surface area contributed by atoms with Crippen molar-refractivity contribution in [3.63, 3.8) is 0 Å². The number of carbonyl (C=O) groups is 1. The number of alkyl halides is 3. The van der Waals surface area contributed by atoms with Crippen LogP contribution >= 0.6 is 0 Å². The number of amides is 1. The molecule has 140 valence electrons. The van der Waals surface area contributed by atoms with Gasteiger partial charge in [-0.2, -0.15) is 13.2 Å². The van der Waals surface area contributed by atoms with E-state index in [0.29, 0.717) is 11.3 Å². The fraction of sp³-hybridized carbons (Fsp3) is 0.278. The zero-order chi connectivity index (χ0) is 19.3. The van der Waals surface area contributed by atoms with Crippen molar-refractivity contribution in [3.8, 4) is 17.2 Å². The Morgan fingerprint density at radius 3 is 2.27 bits per heavy atom. The average Bonchev–Trinajstić information content (AvgIpc) is 2.64. The Morgan fingerprint density at radius 1 is 1.00 bits per heavy atom. The second kappa shape index (κ2) is 7.99. The van der Waals surface area contributed by atoms with Gasteiger partial charge in [0.25, 0.3) is 5.91 Å². The Morgan fingerprint density at radius 2 is 1.69 bits per heavy atom. The number of methoxy groups -OCH3 is 3. The van der Waals surface area contributed by atoms with E-state index in [4.69, 9.17) is 14.2 Å². The first-order valence-electron chi connectivity index (χ1n) is 7.55. The van der Waals surface area contributed by atoms with E-state index < -0.39 is 17.6 Å². The van der Waals surface area contributed by atoms with Gasteiger partial charge in [0.2, 0.25) is 5.75 Å². The van der Waals surface area contributed by atoms with Gasteiger partial charge in [0.1, 0.15) is 0 Å². The standard InChI is InChI=1S/C18H18F3NO4/c1-24-14-8-7-13(15(25-2)16(14)26-3)17(23)22-10-11-5-4-6-12(9-11)18(19,20)21/h4-9H,10H2,1-3H3,(H,22,23). The molecule has 26 heavy (non-hydrogen) atoms. The molecule has 0 atom stereocenters. The van der Waals surface area contributed by atoms with Crippen molar-refractivity contribution >= 4 is 5.91 Å². The SMILES string of the molecule is COc1ccc(C(=O)NCc2cccc(C(F)(F)F)c2)c(OC)c1OC. The van der Waals surface area contributed by atoms with E-state index in [0.717, 1.165) is 12.1 Å². The summed E-state index contributed by atoms with van der Waals surface area (Å²) in [7, 11) is 4.23. The van der Waals surface area contributed by atoms with Crippen LogP contribution in [0.2, 0.25) is 0 Å². The maximum Gasteiger partial charge on any atom is 0.416 e. The fourth-order valence-electron chi connectivity index (χ4n) is 2.42. The highest BCUT2D eigenvalue weighted by Crippen LogP contribution is 2.39. The van der Waals surface area contributed by atoms with Crippen LogP contribution in [0.5, 0.6) is 17.2 Å². The van der Waals surface area contributed by atoms with Gasteiger partial charge in [-0.05, 0) is 29.8 Å². The Balaban J connectivity index is 2.21. The van der Waals surface area contributed by atoms with Gasteiger partial charge in [-0.1, -0.05) is 12.1 Å². The monoisotopic (exact) mass is 369 g/mol. The van der Waals surface area contributed by atoms with E-state index in [9.17, 15) is 18.0 Å². The molecule has 0 saturated carbocycles. The first-order valence-corrected chi connectivity index (χ1v) is 7.55. The molecule has 0 bridgehead atoms. The quantitative estimate of drug-likeness (QED) is 0.844. The molecule has 0 heterocycles. The molecule has 2 rings (SSSR count). The summed E-state index contributed by atoms with van der Waals surface area (Å²) in [5.41, 5.74) is -0.266.